The molecule has 19 heavy (non-hydrogen) atoms. The first-order valence-electron chi connectivity index (χ1n) is 6.42. The van der Waals surface area contributed by atoms with Gasteiger partial charge >= 0.3 is 0 Å². The van der Waals surface area contributed by atoms with E-state index in [0.29, 0.717) is 6.54 Å². The Balaban J connectivity index is 2.23. The Morgan fingerprint density at radius 3 is 2.74 bits per heavy atom. The van der Waals surface area contributed by atoms with E-state index in [4.69, 9.17) is 0 Å². The van der Waals surface area contributed by atoms with Crippen LogP contribution in [0.1, 0.15) is 24.0 Å². The fraction of sp³-hybridized carbons (Fsp3) is 0.429. The first-order chi connectivity index (χ1) is 9.13. The van der Waals surface area contributed by atoms with E-state index in [1.807, 2.05) is 41.9 Å². The summed E-state index contributed by atoms with van der Waals surface area (Å²) < 4.78 is 1.99. The lowest BCUT2D eigenvalue weighted by Gasteiger charge is -2.19. The molecule has 0 saturated heterocycles. The zero-order chi connectivity index (χ0) is 13.8. The van der Waals surface area contributed by atoms with E-state index in [1.54, 1.807) is 6.20 Å². The van der Waals surface area contributed by atoms with E-state index in [-0.39, 0.29) is 6.61 Å². The van der Waals surface area contributed by atoms with Gasteiger partial charge in [-0.05, 0) is 24.1 Å². The number of aryl methyl sites for hydroxylation is 2. The molecule has 0 aromatic carbocycles. The lowest BCUT2D eigenvalue weighted by Crippen LogP contribution is -2.20. The highest BCUT2D eigenvalue weighted by Gasteiger charge is 2.09. The van der Waals surface area contributed by atoms with Crippen molar-refractivity contribution in [3.8, 4) is 0 Å². The van der Waals surface area contributed by atoms with Gasteiger partial charge in [-0.2, -0.15) is 0 Å². The molecule has 0 radical (unpaired) electrons. The van der Waals surface area contributed by atoms with Gasteiger partial charge in [0.2, 0.25) is 0 Å². The summed E-state index contributed by atoms with van der Waals surface area (Å²) in [5.74, 6) is 1.85. The third kappa shape index (κ3) is 3.12. The molecule has 2 aromatic rings. The van der Waals surface area contributed by atoms with Crippen LogP contribution in [0.3, 0.4) is 0 Å². The Bertz CT molecular complexity index is 528. The predicted molar refractivity (Wildman–Crippen MR) is 74.9 cm³/mol. The highest BCUT2D eigenvalue weighted by molar-refractivity contribution is 5.42. The van der Waals surface area contributed by atoms with Gasteiger partial charge in [0, 0.05) is 32.2 Å². The van der Waals surface area contributed by atoms with Crippen molar-refractivity contribution in [2.45, 2.75) is 26.5 Å². The number of aliphatic hydroxyl groups is 1. The van der Waals surface area contributed by atoms with Crippen molar-refractivity contribution in [2.24, 2.45) is 7.05 Å². The largest absolute Gasteiger partial charge is 0.392 e. The minimum absolute atomic E-state index is 0.0404. The highest BCUT2D eigenvalue weighted by atomic mass is 16.3. The summed E-state index contributed by atoms with van der Waals surface area (Å²) in [4.78, 5) is 10.9. The molecule has 2 aromatic heterocycles. The van der Waals surface area contributed by atoms with Crippen molar-refractivity contribution in [3.05, 3.63) is 41.6 Å². The molecule has 2 rings (SSSR count). The van der Waals surface area contributed by atoms with Crippen LogP contribution in [0.25, 0.3) is 0 Å². The molecule has 0 atom stereocenters. The van der Waals surface area contributed by atoms with E-state index in [1.165, 1.54) is 0 Å². The number of anilines is 1. The molecule has 0 unspecified atom stereocenters. The maximum Gasteiger partial charge on any atom is 0.129 e. The molecule has 2 heterocycles. The number of aliphatic hydroxyl groups excluding tert-OH is 1. The molecule has 1 N–H and O–H groups in total. The summed E-state index contributed by atoms with van der Waals surface area (Å²) in [6.45, 7) is 2.79. The number of pyridine rings is 1. The molecule has 0 fully saturated rings. The number of rotatable bonds is 5. The molecule has 0 bridgehead atoms. The second kappa shape index (κ2) is 5.84. The van der Waals surface area contributed by atoms with Gasteiger partial charge < -0.3 is 14.6 Å². The molecule has 0 amide bonds. The third-order valence-electron chi connectivity index (χ3n) is 3.16. The minimum atomic E-state index is 0.0404. The van der Waals surface area contributed by atoms with Crippen LogP contribution in [0, 0.1) is 0 Å². The fourth-order valence-corrected chi connectivity index (χ4v) is 1.94. The molecular weight excluding hydrogens is 240 g/mol. The number of hydrogen-bond acceptors (Lipinski definition) is 4. The number of nitrogens with zero attached hydrogens (tertiary/aromatic N) is 4. The van der Waals surface area contributed by atoms with E-state index < -0.39 is 0 Å². The maximum absolute atomic E-state index is 9.30. The van der Waals surface area contributed by atoms with Crippen LogP contribution < -0.4 is 4.90 Å². The highest BCUT2D eigenvalue weighted by Crippen LogP contribution is 2.16. The van der Waals surface area contributed by atoms with Gasteiger partial charge in [0.15, 0.2) is 0 Å². The average molecular weight is 260 g/mol. The Hall–Kier alpha value is -1.88. The van der Waals surface area contributed by atoms with Crippen molar-refractivity contribution >= 4 is 5.82 Å². The minimum Gasteiger partial charge on any atom is -0.392 e. The summed E-state index contributed by atoms with van der Waals surface area (Å²) in [6.07, 6.45) is 4.58. The summed E-state index contributed by atoms with van der Waals surface area (Å²) >= 11 is 0. The molecule has 0 saturated carbocycles. The molecule has 0 spiro atoms. The molecule has 0 aliphatic carbocycles. The SMILES string of the molecule is CCc1cc(CO)cc(N(C)Cc2nccn2C)n1. The first-order valence-corrected chi connectivity index (χ1v) is 6.42. The van der Waals surface area contributed by atoms with Crippen molar-refractivity contribution < 1.29 is 5.11 Å². The average Bonchev–Trinajstić information content (AvgIpc) is 2.83. The Labute approximate surface area is 113 Å². The lowest BCUT2D eigenvalue weighted by molar-refractivity contribution is 0.281. The van der Waals surface area contributed by atoms with Crippen LogP contribution in [-0.4, -0.2) is 26.7 Å². The molecule has 0 aliphatic heterocycles. The second-order valence-electron chi connectivity index (χ2n) is 4.65. The van der Waals surface area contributed by atoms with E-state index in [2.05, 4.69) is 16.9 Å². The molecule has 0 aliphatic rings. The number of aromatic nitrogens is 3. The van der Waals surface area contributed by atoms with E-state index >= 15 is 0 Å². The van der Waals surface area contributed by atoms with Crippen LogP contribution in [0.5, 0.6) is 0 Å². The van der Waals surface area contributed by atoms with Gasteiger partial charge in [-0.25, -0.2) is 9.97 Å². The van der Waals surface area contributed by atoms with Crippen LogP contribution in [0.2, 0.25) is 0 Å². The van der Waals surface area contributed by atoms with Crippen LogP contribution in [0.15, 0.2) is 24.5 Å². The topological polar surface area (TPSA) is 54.2 Å². The van der Waals surface area contributed by atoms with Crippen molar-refractivity contribution in [1.82, 2.24) is 14.5 Å². The summed E-state index contributed by atoms with van der Waals surface area (Å²) in [7, 11) is 3.96. The van der Waals surface area contributed by atoms with Gasteiger partial charge in [0.1, 0.15) is 11.6 Å². The third-order valence-corrected chi connectivity index (χ3v) is 3.16. The van der Waals surface area contributed by atoms with Crippen LogP contribution in [0.4, 0.5) is 5.82 Å². The fourth-order valence-electron chi connectivity index (χ4n) is 1.94. The normalized spacial score (nSPS) is 10.7. The smallest absolute Gasteiger partial charge is 0.129 e. The monoisotopic (exact) mass is 260 g/mol. The predicted octanol–water partition coefficient (Wildman–Crippen LogP) is 1.51. The van der Waals surface area contributed by atoms with Crippen molar-refractivity contribution in [3.63, 3.8) is 0 Å². The van der Waals surface area contributed by atoms with Gasteiger partial charge in [-0.3, -0.25) is 0 Å². The lowest BCUT2D eigenvalue weighted by atomic mass is 10.2. The maximum atomic E-state index is 9.30. The van der Waals surface area contributed by atoms with Gasteiger partial charge in [0.25, 0.3) is 0 Å². The Morgan fingerprint density at radius 2 is 2.16 bits per heavy atom. The van der Waals surface area contributed by atoms with Gasteiger partial charge in [-0.15, -0.1) is 0 Å². The zero-order valence-corrected chi connectivity index (χ0v) is 11.7. The molecular formula is C14H20N4O. The Morgan fingerprint density at radius 1 is 1.37 bits per heavy atom. The summed E-state index contributed by atoms with van der Waals surface area (Å²) in [5.41, 5.74) is 1.89. The summed E-state index contributed by atoms with van der Waals surface area (Å²) in [5, 5.41) is 9.30. The molecule has 5 heteroatoms. The van der Waals surface area contributed by atoms with Crippen molar-refractivity contribution in [2.75, 3.05) is 11.9 Å². The van der Waals surface area contributed by atoms with Gasteiger partial charge in [-0.1, -0.05) is 6.92 Å². The number of imidazole rings is 1. The van der Waals surface area contributed by atoms with Crippen molar-refractivity contribution in [1.29, 1.82) is 0 Å². The van der Waals surface area contributed by atoms with Crippen LogP contribution >= 0.6 is 0 Å². The zero-order valence-electron chi connectivity index (χ0n) is 11.7. The molecule has 102 valence electrons. The number of hydrogen-bond donors (Lipinski definition) is 1. The quantitative estimate of drug-likeness (QED) is 0.885. The van der Waals surface area contributed by atoms with E-state index in [0.717, 1.165) is 29.3 Å². The summed E-state index contributed by atoms with van der Waals surface area (Å²) in [6, 6.07) is 3.86. The first kappa shape index (κ1) is 13.5. The molecule has 5 nitrogen and oxygen atoms in total. The second-order valence-corrected chi connectivity index (χ2v) is 4.65. The van der Waals surface area contributed by atoms with Crippen LogP contribution in [-0.2, 0) is 26.6 Å². The standard InChI is InChI=1S/C14H20N4O/c1-4-12-7-11(10-19)8-13(16-12)18(3)9-14-15-5-6-17(14)2/h5-8,19H,4,9-10H2,1-3H3. The van der Waals surface area contributed by atoms with Gasteiger partial charge in [0.05, 0.1) is 13.2 Å². The van der Waals surface area contributed by atoms with E-state index in [9.17, 15) is 5.11 Å². The Kier molecular flexibility index (Phi) is 4.16.